The third-order valence-electron chi connectivity index (χ3n) is 3.91. The maximum absolute atomic E-state index is 12.4. The van der Waals surface area contributed by atoms with Crippen LogP contribution in [-0.2, 0) is 19.4 Å². The van der Waals surface area contributed by atoms with Crippen LogP contribution in [0.25, 0.3) is 0 Å². The number of fused-ring (bicyclic) bond motifs is 1. The molecular formula is C15H16N4OS. The Hall–Kier alpha value is -2.13. The van der Waals surface area contributed by atoms with Crippen LogP contribution in [0.2, 0.25) is 0 Å². The summed E-state index contributed by atoms with van der Waals surface area (Å²) in [6, 6.07) is 2.24. The van der Waals surface area contributed by atoms with Gasteiger partial charge in [0.05, 0.1) is 17.3 Å². The van der Waals surface area contributed by atoms with Gasteiger partial charge in [-0.1, -0.05) is 0 Å². The van der Waals surface area contributed by atoms with Gasteiger partial charge in [-0.2, -0.15) is 10.4 Å². The number of rotatable bonds is 3. The number of nitrogens with one attached hydrogen (secondary N) is 1. The van der Waals surface area contributed by atoms with Crippen LogP contribution in [0, 0.1) is 18.3 Å². The Morgan fingerprint density at radius 2 is 2.38 bits per heavy atom. The maximum Gasteiger partial charge on any atom is 0.259 e. The second-order valence-corrected chi connectivity index (χ2v) is 6.19. The summed E-state index contributed by atoms with van der Waals surface area (Å²) in [7, 11) is 0. The van der Waals surface area contributed by atoms with Crippen molar-refractivity contribution >= 4 is 22.2 Å². The third kappa shape index (κ3) is 2.24. The van der Waals surface area contributed by atoms with E-state index in [2.05, 4.69) is 16.5 Å². The molecule has 1 amide bonds. The van der Waals surface area contributed by atoms with E-state index in [4.69, 9.17) is 0 Å². The number of nitrogens with zero attached hydrogens (tertiary/aromatic N) is 3. The fourth-order valence-corrected chi connectivity index (χ4v) is 4.00. The average molecular weight is 300 g/mol. The van der Waals surface area contributed by atoms with E-state index in [1.807, 2.05) is 13.8 Å². The van der Waals surface area contributed by atoms with Gasteiger partial charge >= 0.3 is 0 Å². The molecule has 0 saturated heterocycles. The minimum Gasteiger partial charge on any atom is -0.312 e. The van der Waals surface area contributed by atoms with Crippen LogP contribution in [0.3, 0.4) is 0 Å². The first-order chi connectivity index (χ1) is 10.2. The second kappa shape index (κ2) is 5.34. The van der Waals surface area contributed by atoms with Gasteiger partial charge in [-0.05, 0) is 38.7 Å². The van der Waals surface area contributed by atoms with E-state index in [1.165, 1.54) is 16.2 Å². The van der Waals surface area contributed by atoms with Crippen molar-refractivity contribution in [1.82, 2.24) is 9.78 Å². The summed E-state index contributed by atoms with van der Waals surface area (Å²) in [5.41, 5.74) is 3.17. The number of carbonyl (C=O) groups is 1. The number of amides is 1. The molecule has 2 aromatic rings. The van der Waals surface area contributed by atoms with Crippen molar-refractivity contribution in [2.24, 2.45) is 0 Å². The van der Waals surface area contributed by atoms with Crippen molar-refractivity contribution in [2.45, 2.75) is 39.7 Å². The zero-order chi connectivity index (χ0) is 15.0. The highest BCUT2D eigenvalue weighted by Crippen LogP contribution is 2.38. The number of carbonyl (C=O) groups excluding carboxylic acids is 1. The number of hydrogen-bond donors (Lipinski definition) is 1. The molecule has 0 saturated carbocycles. The second-order valence-electron chi connectivity index (χ2n) is 5.09. The van der Waals surface area contributed by atoms with Gasteiger partial charge in [0.1, 0.15) is 11.1 Å². The van der Waals surface area contributed by atoms with Crippen LogP contribution in [0.15, 0.2) is 6.20 Å². The Kier molecular flexibility index (Phi) is 3.52. The first-order valence-electron chi connectivity index (χ1n) is 7.04. The van der Waals surface area contributed by atoms with E-state index in [1.54, 1.807) is 10.9 Å². The molecule has 108 valence electrons. The largest absolute Gasteiger partial charge is 0.312 e. The molecule has 0 unspecified atom stereocenters. The number of aryl methyl sites for hydroxylation is 2. The first kappa shape index (κ1) is 13.8. The molecule has 0 fully saturated rings. The third-order valence-corrected chi connectivity index (χ3v) is 5.11. The lowest BCUT2D eigenvalue weighted by Gasteiger charge is -2.04. The molecule has 1 aliphatic carbocycles. The number of anilines is 1. The van der Waals surface area contributed by atoms with Crippen LogP contribution in [-0.4, -0.2) is 15.7 Å². The smallest absolute Gasteiger partial charge is 0.259 e. The molecule has 0 radical (unpaired) electrons. The summed E-state index contributed by atoms with van der Waals surface area (Å²) in [5, 5.41) is 17.1. The maximum atomic E-state index is 12.4. The Labute approximate surface area is 127 Å². The molecule has 6 heteroatoms. The van der Waals surface area contributed by atoms with Crippen molar-refractivity contribution in [3.63, 3.8) is 0 Å². The minimum atomic E-state index is -0.191. The fourth-order valence-electron chi connectivity index (χ4n) is 2.77. The molecular weight excluding hydrogens is 284 g/mol. The van der Waals surface area contributed by atoms with E-state index in [9.17, 15) is 10.1 Å². The van der Waals surface area contributed by atoms with Gasteiger partial charge in [-0.25, -0.2) is 0 Å². The van der Waals surface area contributed by atoms with Crippen molar-refractivity contribution in [2.75, 3.05) is 5.32 Å². The molecule has 0 spiro atoms. The summed E-state index contributed by atoms with van der Waals surface area (Å²) in [6.07, 6.45) is 4.64. The molecule has 0 aromatic carbocycles. The molecule has 0 bridgehead atoms. The van der Waals surface area contributed by atoms with Crippen LogP contribution < -0.4 is 5.32 Å². The van der Waals surface area contributed by atoms with E-state index < -0.39 is 0 Å². The molecule has 3 rings (SSSR count). The van der Waals surface area contributed by atoms with Gasteiger partial charge in [0.25, 0.3) is 5.91 Å². The van der Waals surface area contributed by atoms with Gasteiger partial charge in [0.2, 0.25) is 0 Å². The molecule has 0 atom stereocenters. The zero-order valence-corrected chi connectivity index (χ0v) is 12.9. The predicted octanol–water partition coefficient (Wildman–Crippen LogP) is 2.89. The van der Waals surface area contributed by atoms with Gasteiger partial charge < -0.3 is 5.32 Å². The Bertz CT molecular complexity index is 751. The Morgan fingerprint density at radius 1 is 1.57 bits per heavy atom. The van der Waals surface area contributed by atoms with Gasteiger partial charge in [0.15, 0.2) is 0 Å². The number of hydrogen-bond acceptors (Lipinski definition) is 4. The SMILES string of the molecule is CCn1ncc(C(=O)Nc2sc3c(c2C#N)CCC3)c1C. The molecule has 5 nitrogen and oxygen atoms in total. The topological polar surface area (TPSA) is 70.7 Å². The van der Waals surface area contributed by atoms with E-state index in [0.717, 1.165) is 37.1 Å². The monoisotopic (exact) mass is 300 g/mol. The highest BCUT2D eigenvalue weighted by molar-refractivity contribution is 7.16. The number of nitriles is 1. The summed E-state index contributed by atoms with van der Waals surface area (Å²) in [5.74, 6) is -0.191. The van der Waals surface area contributed by atoms with Crippen molar-refractivity contribution in [3.8, 4) is 6.07 Å². The highest BCUT2D eigenvalue weighted by Gasteiger charge is 2.24. The van der Waals surface area contributed by atoms with E-state index in [-0.39, 0.29) is 5.91 Å². The minimum absolute atomic E-state index is 0.191. The van der Waals surface area contributed by atoms with Crippen LogP contribution in [0.5, 0.6) is 0 Å². The van der Waals surface area contributed by atoms with Crippen LogP contribution in [0.1, 0.15) is 45.4 Å². The van der Waals surface area contributed by atoms with Crippen LogP contribution >= 0.6 is 11.3 Å². The van der Waals surface area contributed by atoms with Gasteiger partial charge in [-0.15, -0.1) is 11.3 Å². The van der Waals surface area contributed by atoms with Crippen molar-refractivity contribution in [1.29, 1.82) is 5.26 Å². The van der Waals surface area contributed by atoms with Crippen LogP contribution in [0.4, 0.5) is 5.00 Å². The summed E-state index contributed by atoms with van der Waals surface area (Å²) >= 11 is 1.53. The quantitative estimate of drug-likeness (QED) is 0.947. The molecule has 0 aliphatic heterocycles. The summed E-state index contributed by atoms with van der Waals surface area (Å²) in [4.78, 5) is 13.6. The number of thiophene rings is 1. The summed E-state index contributed by atoms with van der Waals surface area (Å²) in [6.45, 7) is 4.60. The average Bonchev–Trinajstić information content (AvgIpc) is 3.12. The van der Waals surface area contributed by atoms with Crippen molar-refractivity contribution in [3.05, 3.63) is 33.5 Å². The van der Waals surface area contributed by atoms with Crippen molar-refractivity contribution < 1.29 is 4.79 Å². The highest BCUT2D eigenvalue weighted by atomic mass is 32.1. The molecule has 21 heavy (non-hydrogen) atoms. The Morgan fingerprint density at radius 3 is 3.05 bits per heavy atom. The standard InChI is InChI=1S/C15H16N4OS/c1-3-19-9(2)12(8-17-19)14(20)18-15-11(7-16)10-5-4-6-13(10)21-15/h8H,3-6H2,1-2H3,(H,18,20). The van der Waals surface area contributed by atoms with E-state index >= 15 is 0 Å². The molecule has 2 heterocycles. The predicted molar refractivity (Wildman–Crippen MR) is 81.7 cm³/mol. The molecule has 1 aliphatic rings. The Balaban J connectivity index is 1.89. The summed E-state index contributed by atoms with van der Waals surface area (Å²) < 4.78 is 1.79. The van der Waals surface area contributed by atoms with Gasteiger partial charge in [0, 0.05) is 17.1 Å². The lowest BCUT2D eigenvalue weighted by atomic mass is 10.1. The molecule has 2 aromatic heterocycles. The first-order valence-corrected chi connectivity index (χ1v) is 7.85. The molecule has 1 N–H and O–H groups in total. The zero-order valence-electron chi connectivity index (χ0n) is 12.1. The number of aromatic nitrogens is 2. The normalized spacial score (nSPS) is 13.0. The fraction of sp³-hybridized carbons (Fsp3) is 0.400. The lowest BCUT2D eigenvalue weighted by molar-refractivity contribution is 0.102. The van der Waals surface area contributed by atoms with E-state index in [0.29, 0.717) is 16.1 Å². The van der Waals surface area contributed by atoms with Gasteiger partial charge in [-0.3, -0.25) is 9.48 Å². The lowest BCUT2D eigenvalue weighted by Crippen LogP contribution is -2.13.